The highest BCUT2D eigenvalue weighted by Crippen LogP contribution is 2.35. The van der Waals surface area contributed by atoms with Gasteiger partial charge < -0.3 is 19.7 Å². The third-order valence-corrected chi connectivity index (χ3v) is 9.16. The molecule has 0 fully saturated rings. The van der Waals surface area contributed by atoms with E-state index in [1.54, 1.807) is 20.3 Å². The molecule has 1 aliphatic heterocycles. The van der Waals surface area contributed by atoms with Crippen LogP contribution in [0.1, 0.15) is 44.2 Å². The lowest BCUT2D eigenvalue weighted by Crippen LogP contribution is -2.31. The van der Waals surface area contributed by atoms with Gasteiger partial charge in [-0.25, -0.2) is 9.97 Å². The second-order valence-corrected chi connectivity index (χ2v) is 12.4. The van der Waals surface area contributed by atoms with Gasteiger partial charge in [0.15, 0.2) is 16.7 Å². The van der Waals surface area contributed by atoms with E-state index in [2.05, 4.69) is 45.5 Å². The molecular formula is C37H35ClN4O3S. The molecule has 6 rings (SSSR count). The summed E-state index contributed by atoms with van der Waals surface area (Å²) in [7, 11) is 3.30. The zero-order chi connectivity index (χ0) is 31.9. The summed E-state index contributed by atoms with van der Waals surface area (Å²) < 4.78 is 11.0. The molecule has 5 aromatic rings. The van der Waals surface area contributed by atoms with E-state index in [9.17, 15) is 4.79 Å². The number of methoxy groups -OCH3 is 2. The van der Waals surface area contributed by atoms with Crippen LogP contribution in [0, 0.1) is 0 Å². The van der Waals surface area contributed by atoms with Crippen LogP contribution >= 0.6 is 23.4 Å². The molecule has 0 spiro atoms. The molecular weight excluding hydrogens is 616 g/mol. The third-order valence-electron chi connectivity index (χ3n) is 8.05. The van der Waals surface area contributed by atoms with Crippen LogP contribution in [0.5, 0.6) is 11.5 Å². The summed E-state index contributed by atoms with van der Waals surface area (Å²) in [5, 5.41) is 4.24. The first-order valence-corrected chi connectivity index (χ1v) is 16.5. The first-order chi connectivity index (χ1) is 22.5. The lowest BCUT2D eigenvalue weighted by atomic mass is 9.98. The summed E-state index contributed by atoms with van der Waals surface area (Å²) in [5.41, 5.74) is 6.24. The van der Waals surface area contributed by atoms with Crippen molar-refractivity contribution in [2.75, 3.05) is 25.7 Å². The molecule has 1 amide bonds. The molecule has 4 aromatic carbocycles. The number of carbonyl (C=O) groups excluding carboxylic acids is 1. The molecule has 9 heteroatoms. The van der Waals surface area contributed by atoms with Gasteiger partial charge in [-0.15, -0.1) is 0 Å². The smallest absolute Gasteiger partial charge is 0.251 e. The van der Waals surface area contributed by atoms with Gasteiger partial charge >= 0.3 is 0 Å². The van der Waals surface area contributed by atoms with Gasteiger partial charge in [0.05, 0.1) is 20.3 Å². The number of rotatable bonds is 11. The van der Waals surface area contributed by atoms with Crippen LogP contribution in [0.2, 0.25) is 5.15 Å². The highest BCUT2D eigenvalue weighted by Gasteiger charge is 2.22. The monoisotopic (exact) mass is 650 g/mol. The molecule has 0 radical (unpaired) electrons. The molecule has 234 valence electrons. The minimum Gasteiger partial charge on any atom is -0.493 e. The van der Waals surface area contributed by atoms with E-state index in [1.807, 2.05) is 66.7 Å². The Morgan fingerprint density at radius 3 is 2.30 bits per heavy atom. The number of hydrogen-bond acceptors (Lipinski definition) is 7. The fourth-order valence-corrected chi connectivity index (χ4v) is 6.69. The largest absolute Gasteiger partial charge is 0.493 e. The molecule has 2 heterocycles. The Bertz CT molecular complexity index is 1810. The van der Waals surface area contributed by atoms with Gasteiger partial charge in [0.2, 0.25) is 0 Å². The number of nitrogens with zero attached hydrogens (tertiary/aromatic N) is 3. The molecule has 0 bridgehead atoms. The van der Waals surface area contributed by atoms with Gasteiger partial charge in [0.1, 0.15) is 11.0 Å². The number of nitrogens with one attached hydrogen (secondary N) is 1. The first kappa shape index (κ1) is 31.5. The Labute approximate surface area is 279 Å². The maximum Gasteiger partial charge on any atom is 0.251 e. The van der Waals surface area contributed by atoms with Crippen molar-refractivity contribution in [1.82, 2.24) is 15.3 Å². The van der Waals surface area contributed by atoms with Crippen LogP contribution in [-0.2, 0) is 25.1 Å². The molecule has 1 aromatic heterocycles. The third kappa shape index (κ3) is 7.63. The molecule has 7 nitrogen and oxygen atoms in total. The van der Waals surface area contributed by atoms with Crippen molar-refractivity contribution in [3.05, 3.63) is 142 Å². The minimum absolute atomic E-state index is 0.113. The number of ether oxygens (including phenoxy) is 2. The van der Waals surface area contributed by atoms with Crippen LogP contribution in [0.25, 0.3) is 0 Å². The Balaban J connectivity index is 1.13. The molecule has 46 heavy (non-hydrogen) atoms. The normalized spacial score (nSPS) is 13.1. The Hall–Kier alpha value is -4.53. The fourth-order valence-electron chi connectivity index (χ4n) is 5.67. The van der Waals surface area contributed by atoms with Crippen molar-refractivity contribution in [2.24, 2.45) is 0 Å². The minimum atomic E-state index is -0.155. The van der Waals surface area contributed by atoms with Gasteiger partial charge in [0.25, 0.3) is 5.91 Å². The number of carbonyl (C=O) groups is 1. The predicted molar refractivity (Wildman–Crippen MR) is 184 cm³/mol. The molecule has 1 atom stereocenters. The average Bonchev–Trinajstić information content (AvgIpc) is 3.10. The quantitative estimate of drug-likeness (QED) is 0.0891. The summed E-state index contributed by atoms with van der Waals surface area (Å²) in [6, 6.07) is 33.7. The van der Waals surface area contributed by atoms with Crippen molar-refractivity contribution in [1.29, 1.82) is 0 Å². The number of fused-ring (bicyclic) bond motifs is 1. The second kappa shape index (κ2) is 14.7. The number of amides is 1. The summed E-state index contributed by atoms with van der Waals surface area (Å²) in [6.07, 6.45) is 1.55. The standard InChI is InChI=1S/C37H35ClN4O3S/c1-44-32-20-28-16-17-42(23-30(28)21-33(32)45-2)35-22-34(38)40-37(41-35)46-24-26-12-9-15-29(18-26)36(43)39-31(27-13-7-4-8-14-27)19-25-10-5-3-6-11-25/h3-15,18,20-22,31H,16-17,19,23-24H2,1-2H3,(H,39,43). The predicted octanol–water partition coefficient (Wildman–Crippen LogP) is 7.72. The number of anilines is 1. The van der Waals surface area contributed by atoms with Gasteiger partial charge in [-0.05, 0) is 64.9 Å². The number of halogens is 1. The maximum atomic E-state index is 13.5. The first-order valence-electron chi connectivity index (χ1n) is 15.1. The highest BCUT2D eigenvalue weighted by atomic mass is 35.5. The molecule has 0 aliphatic carbocycles. The van der Waals surface area contributed by atoms with Gasteiger partial charge in [-0.2, -0.15) is 0 Å². The van der Waals surface area contributed by atoms with Crippen LogP contribution < -0.4 is 19.7 Å². The van der Waals surface area contributed by atoms with Crippen molar-refractivity contribution < 1.29 is 14.3 Å². The lowest BCUT2D eigenvalue weighted by molar-refractivity contribution is 0.0936. The van der Waals surface area contributed by atoms with E-state index < -0.39 is 0 Å². The molecule has 0 saturated carbocycles. The van der Waals surface area contributed by atoms with Crippen LogP contribution in [0.4, 0.5) is 5.82 Å². The summed E-state index contributed by atoms with van der Waals surface area (Å²) in [6.45, 7) is 1.48. The van der Waals surface area contributed by atoms with E-state index >= 15 is 0 Å². The number of benzene rings is 4. The van der Waals surface area contributed by atoms with Crippen LogP contribution in [-0.4, -0.2) is 36.6 Å². The number of aromatic nitrogens is 2. The highest BCUT2D eigenvalue weighted by molar-refractivity contribution is 7.98. The maximum absolute atomic E-state index is 13.5. The SMILES string of the molecule is COc1cc2c(cc1OC)CN(c1cc(Cl)nc(SCc3cccc(C(=O)NC(Cc4ccccc4)c4ccccc4)c3)n1)CC2. The summed E-state index contributed by atoms with van der Waals surface area (Å²) in [5.74, 6) is 2.71. The second-order valence-electron chi connectivity index (χ2n) is 11.1. The number of hydrogen-bond donors (Lipinski definition) is 1. The lowest BCUT2D eigenvalue weighted by Gasteiger charge is -2.30. The molecule has 1 aliphatic rings. The van der Waals surface area contributed by atoms with Gasteiger partial charge in [0, 0.05) is 30.5 Å². The Morgan fingerprint density at radius 1 is 0.870 bits per heavy atom. The fraction of sp³-hybridized carbons (Fsp3) is 0.216. The number of thioether (sulfide) groups is 1. The van der Waals surface area contributed by atoms with E-state index in [-0.39, 0.29) is 11.9 Å². The Morgan fingerprint density at radius 2 is 1.57 bits per heavy atom. The van der Waals surface area contributed by atoms with E-state index in [1.165, 1.54) is 22.9 Å². The Kier molecular flexibility index (Phi) is 10.1. The zero-order valence-corrected chi connectivity index (χ0v) is 27.4. The summed E-state index contributed by atoms with van der Waals surface area (Å²) >= 11 is 7.98. The van der Waals surface area contributed by atoms with E-state index in [4.69, 9.17) is 26.1 Å². The van der Waals surface area contributed by atoms with Crippen molar-refractivity contribution in [3.63, 3.8) is 0 Å². The zero-order valence-electron chi connectivity index (χ0n) is 25.8. The van der Waals surface area contributed by atoms with Crippen LogP contribution in [0.15, 0.2) is 108 Å². The molecule has 1 N–H and O–H groups in total. The van der Waals surface area contributed by atoms with Crippen molar-refractivity contribution >= 4 is 35.1 Å². The molecule has 1 unspecified atom stereocenters. The topological polar surface area (TPSA) is 76.6 Å². The van der Waals surface area contributed by atoms with Crippen molar-refractivity contribution in [2.45, 2.75) is 36.3 Å². The average molecular weight is 651 g/mol. The van der Waals surface area contributed by atoms with E-state index in [0.29, 0.717) is 40.3 Å². The van der Waals surface area contributed by atoms with Crippen LogP contribution in [0.3, 0.4) is 0 Å². The van der Waals surface area contributed by atoms with Gasteiger partial charge in [-0.3, -0.25) is 4.79 Å². The van der Waals surface area contributed by atoms with E-state index in [0.717, 1.165) is 41.2 Å². The summed E-state index contributed by atoms with van der Waals surface area (Å²) in [4.78, 5) is 25.0. The van der Waals surface area contributed by atoms with Crippen molar-refractivity contribution in [3.8, 4) is 11.5 Å². The van der Waals surface area contributed by atoms with Gasteiger partial charge in [-0.1, -0.05) is 96.2 Å². The molecule has 0 saturated heterocycles.